The van der Waals surface area contributed by atoms with Crippen LogP contribution in [0.25, 0.3) is 0 Å². The van der Waals surface area contributed by atoms with Crippen LogP contribution in [0.2, 0.25) is 0 Å². The molecule has 0 amide bonds. The highest BCUT2D eigenvalue weighted by atomic mass is 32.2. The molecule has 0 aliphatic carbocycles. The lowest BCUT2D eigenvalue weighted by Crippen LogP contribution is -2.04. The van der Waals surface area contributed by atoms with Crippen molar-refractivity contribution >= 4 is 11.8 Å². The summed E-state index contributed by atoms with van der Waals surface area (Å²) in [6.45, 7) is 4.36. The zero-order chi connectivity index (χ0) is 11.3. The molecule has 0 aromatic heterocycles. The standard InChI is InChI=1S/C12H19NOS/c1-9(7-8-14)15-12-5-3-11(4-6-12)10(2)13/h3-6,9-10,14H,7-8,13H2,1-2H3/t9?,10-/m1/s1. The third-order valence-corrected chi connectivity index (χ3v) is 3.46. The lowest BCUT2D eigenvalue weighted by atomic mass is 10.1. The molecule has 0 bridgehead atoms. The summed E-state index contributed by atoms with van der Waals surface area (Å²) in [4.78, 5) is 1.24. The van der Waals surface area contributed by atoms with Crippen LogP contribution in [0.15, 0.2) is 29.2 Å². The Kier molecular flexibility index (Phi) is 5.15. The van der Waals surface area contributed by atoms with Gasteiger partial charge in [-0.15, -0.1) is 11.8 Å². The van der Waals surface area contributed by atoms with E-state index < -0.39 is 0 Å². The van der Waals surface area contributed by atoms with Gasteiger partial charge in [0.2, 0.25) is 0 Å². The summed E-state index contributed by atoms with van der Waals surface area (Å²) >= 11 is 1.79. The Morgan fingerprint density at radius 2 is 1.87 bits per heavy atom. The van der Waals surface area contributed by atoms with Crippen LogP contribution in [-0.4, -0.2) is 17.0 Å². The quantitative estimate of drug-likeness (QED) is 0.757. The molecule has 3 N–H and O–H groups in total. The largest absolute Gasteiger partial charge is 0.396 e. The van der Waals surface area contributed by atoms with Crippen molar-refractivity contribution in [2.75, 3.05) is 6.61 Å². The maximum absolute atomic E-state index is 8.80. The molecule has 0 spiro atoms. The highest BCUT2D eigenvalue weighted by Crippen LogP contribution is 2.25. The fourth-order valence-corrected chi connectivity index (χ4v) is 2.30. The van der Waals surface area contributed by atoms with E-state index in [0.29, 0.717) is 5.25 Å². The summed E-state index contributed by atoms with van der Waals surface area (Å²) < 4.78 is 0. The van der Waals surface area contributed by atoms with E-state index in [9.17, 15) is 0 Å². The van der Waals surface area contributed by atoms with Crippen LogP contribution in [0.5, 0.6) is 0 Å². The molecule has 3 heteroatoms. The third kappa shape index (κ3) is 4.24. The SMILES string of the molecule is CC(CCO)Sc1ccc([C@@H](C)N)cc1. The molecule has 15 heavy (non-hydrogen) atoms. The third-order valence-electron chi connectivity index (χ3n) is 2.28. The van der Waals surface area contributed by atoms with E-state index in [1.54, 1.807) is 11.8 Å². The molecule has 1 aromatic carbocycles. The Labute approximate surface area is 95.9 Å². The van der Waals surface area contributed by atoms with Gasteiger partial charge in [-0.2, -0.15) is 0 Å². The van der Waals surface area contributed by atoms with Crippen molar-refractivity contribution in [2.45, 2.75) is 36.5 Å². The summed E-state index contributed by atoms with van der Waals surface area (Å²) in [5, 5.41) is 9.26. The minimum atomic E-state index is 0.0962. The summed E-state index contributed by atoms with van der Waals surface area (Å²) in [5.74, 6) is 0. The number of hydrogen-bond donors (Lipinski definition) is 2. The lowest BCUT2D eigenvalue weighted by molar-refractivity contribution is 0.289. The Morgan fingerprint density at radius 3 is 2.33 bits per heavy atom. The number of thioether (sulfide) groups is 1. The van der Waals surface area contributed by atoms with E-state index in [1.807, 2.05) is 6.92 Å². The van der Waals surface area contributed by atoms with E-state index in [-0.39, 0.29) is 12.6 Å². The molecule has 2 atom stereocenters. The molecular weight excluding hydrogens is 206 g/mol. The van der Waals surface area contributed by atoms with Crippen molar-refractivity contribution < 1.29 is 5.11 Å². The van der Waals surface area contributed by atoms with Gasteiger partial charge in [0.1, 0.15) is 0 Å². The number of nitrogens with two attached hydrogens (primary N) is 1. The fraction of sp³-hybridized carbons (Fsp3) is 0.500. The molecule has 1 rings (SSSR count). The van der Waals surface area contributed by atoms with Crippen molar-refractivity contribution in [1.29, 1.82) is 0 Å². The van der Waals surface area contributed by atoms with Crippen LogP contribution in [0.1, 0.15) is 31.9 Å². The maximum atomic E-state index is 8.80. The van der Waals surface area contributed by atoms with Gasteiger partial charge in [0, 0.05) is 22.8 Å². The second kappa shape index (κ2) is 6.16. The fourth-order valence-electron chi connectivity index (χ4n) is 1.32. The number of aliphatic hydroxyl groups excluding tert-OH is 1. The second-order valence-corrected chi connectivity index (χ2v) is 5.31. The number of rotatable bonds is 5. The molecular formula is C12H19NOS. The molecule has 0 fully saturated rings. The van der Waals surface area contributed by atoms with Gasteiger partial charge in [0.15, 0.2) is 0 Å². The number of aliphatic hydroxyl groups is 1. The summed E-state index contributed by atoms with van der Waals surface area (Å²) in [6.07, 6.45) is 0.833. The first kappa shape index (κ1) is 12.6. The maximum Gasteiger partial charge on any atom is 0.0441 e. The molecule has 0 radical (unpaired) electrons. The summed E-state index contributed by atoms with van der Waals surface area (Å²) in [7, 11) is 0. The molecule has 0 aliphatic heterocycles. The van der Waals surface area contributed by atoms with Gasteiger partial charge in [-0.3, -0.25) is 0 Å². The summed E-state index contributed by atoms with van der Waals surface area (Å²) in [5.41, 5.74) is 6.93. The lowest BCUT2D eigenvalue weighted by Gasteiger charge is -2.10. The molecule has 2 nitrogen and oxygen atoms in total. The van der Waals surface area contributed by atoms with Crippen LogP contribution < -0.4 is 5.73 Å². The molecule has 0 saturated heterocycles. The first-order valence-corrected chi connectivity index (χ1v) is 6.14. The second-order valence-electron chi connectivity index (χ2n) is 3.80. The first-order chi connectivity index (χ1) is 7.13. The van der Waals surface area contributed by atoms with Crippen molar-refractivity contribution in [3.8, 4) is 0 Å². The van der Waals surface area contributed by atoms with Gasteiger partial charge in [0.05, 0.1) is 0 Å². The van der Waals surface area contributed by atoms with Gasteiger partial charge < -0.3 is 10.8 Å². The zero-order valence-electron chi connectivity index (χ0n) is 9.31. The van der Waals surface area contributed by atoms with Crippen molar-refractivity contribution in [2.24, 2.45) is 5.73 Å². The number of benzene rings is 1. The Balaban J connectivity index is 2.56. The van der Waals surface area contributed by atoms with Crippen molar-refractivity contribution in [3.05, 3.63) is 29.8 Å². The zero-order valence-corrected chi connectivity index (χ0v) is 10.1. The Morgan fingerprint density at radius 1 is 1.27 bits per heavy atom. The van der Waals surface area contributed by atoms with Crippen LogP contribution >= 0.6 is 11.8 Å². The van der Waals surface area contributed by atoms with Crippen molar-refractivity contribution in [3.63, 3.8) is 0 Å². The van der Waals surface area contributed by atoms with E-state index in [1.165, 1.54) is 4.90 Å². The minimum Gasteiger partial charge on any atom is -0.396 e. The van der Waals surface area contributed by atoms with Gasteiger partial charge in [-0.1, -0.05) is 19.1 Å². The highest BCUT2D eigenvalue weighted by Gasteiger charge is 2.04. The van der Waals surface area contributed by atoms with Gasteiger partial charge >= 0.3 is 0 Å². The van der Waals surface area contributed by atoms with Crippen LogP contribution in [-0.2, 0) is 0 Å². The number of hydrogen-bond acceptors (Lipinski definition) is 3. The molecule has 0 heterocycles. The van der Waals surface area contributed by atoms with Crippen LogP contribution in [0, 0.1) is 0 Å². The van der Waals surface area contributed by atoms with E-state index in [4.69, 9.17) is 10.8 Å². The Bertz CT molecular complexity index is 284. The molecule has 0 aliphatic rings. The molecule has 1 aromatic rings. The van der Waals surface area contributed by atoms with Gasteiger partial charge in [-0.25, -0.2) is 0 Å². The molecule has 84 valence electrons. The summed E-state index contributed by atoms with van der Waals surface area (Å²) in [6, 6.07) is 8.42. The van der Waals surface area contributed by atoms with Crippen LogP contribution in [0.4, 0.5) is 0 Å². The molecule has 1 unspecified atom stereocenters. The highest BCUT2D eigenvalue weighted by molar-refractivity contribution is 7.99. The van der Waals surface area contributed by atoms with Crippen LogP contribution in [0.3, 0.4) is 0 Å². The Hall–Kier alpha value is -0.510. The first-order valence-electron chi connectivity index (χ1n) is 5.26. The van der Waals surface area contributed by atoms with Gasteiger partial charge in [-0.05, 0) is 31.0 Å². The van der Waals surface area contributed by atoms with E-state index in [2.05, 4.69) is 31.2 Å². The van der Waals surface area contributed by atoms with Crippen molar-refractivity contribution in [1.82, 2.24) is 0 Å². The average molecular weight is 225 g/mol. The average Bonchev–Trinajstić information content (AvgIpc) is 2.18. The monoisotopic (exact) mass is 225 g/mol. The predicted molar refractivity (Wildman–Crippen MR) is 66.1 cm³/mol. The topological polar surface area (TPSA) is 46.2 Å². The van der Waals surface area contributed by atoms with Gasteiger partial charge in [0.25, 0.3) is 0 Å². The predicted octanol–water partition coefficient (Wildman–Crippen LogP) is 2.57. The minimum absolute atomic E-state index is 0.0962. The van der Waals surface area contributed by atoms with E-state index >= 15 is 0 Å². The normalized spacial score (nSPS) is 14.9. The smallest absolute Gasteiger partial charge is 0.0441 e. The van der Waals surface area contributed by atoms with E-state index in [0.717, 1.165) is 12.0 Å². The molecule has 0 saturated carbocycles.